The van der Waals surface area contributed by atoms with Crippen LogP contribution in [0.1, 0.15) is 55.4 Å². The Labute approximate surface area is 229 Å². The van der Waals surface area contributed by atoms with Gasteiger partial charge >= 0.3 is 11.9 Å². The van der Waals surface area contributed by atoms with E-state index >= 15 is 0 Å². The number of hydrogen-bond acceptors (Lipinski definition) is 8. The highest BCUT2D eigenvalue weighted by atomic mass is 16.4. The van der Waals surface area contributed by atoms with Gasteiger partial charge in [-0.3, -0.25) is 19.4 Å². The van der Waals surface area contributed by atoms with Crippen LogP contribution in [0.2, 0.25) is 0 Å². The summed E-state index contributed by atoms with van der Waals surface area (Å²) in [6, 6.07) is 0. The first kappa shape index (κ1) is 40.2. The van der Waals surface area contributed by atoms with Crippen molar-refractivity contribution >= 4 is 23.9 Å². The van der Waals surface area contributed by atoms with E-state index in [4.69, 9.17) is 10.2 Å². The molecule has 0 heterocycles. The van der Waals surface area contributed by atoms with Gasteiger partial charge in [-0.05, 0) is 55.4 Å². The first-order valence-corrected chi connectivity index (χ1v) is 13.7. The summed E-state index contributed by atoms with van der Waals surface area (Å²) in [6.07, 6.45) is 0. The van der Waals surface area contributed by atoms with E-state index in [-0.39, 0.29) is 13.1 Å². The van der Waals surface area contributed by atoms with Crippen LogP contribution in [-0.4, -0.2) is 144 Å². The number of carbonyl (C=O) groups is 4. The van der Waals surface area contributed by atoms with Crippen LogP contribution in [0.5, 0.6) is 0 Å². The predicted molar refractivity (Wildman–Crippen MR) is 143 cm³/mol. The van der Waals surface area contributed by atoms with Gasteiger partial charge in [-0.25, -0.2) is 0 Å². The Bertz CT molecular complexity index is 545. The van der Waals surface area contributed by atoms with Crippen LogP contribution in [-0.2, 0) is 19.2 Å². The molecule has 0 atom stereocenters. The number of quaternary nitrogens is 2. The minimum Gasteiger partial charge on any atom is -0.549 e. The van der Waals surface area contributed by atoms with Gasteiger partial charge in [0.1, 0.15) is 0 Å². The van der Waals surface area contributed by atoms with Crippen molar-refractivity contribution in [2.24, 2.45) is 0 Å². The lowest BCUT2D eigenvalue weighted by Crippen LogP contribution is -2.47. The maximum atomic E-state index is 10.5. The largest absolute Gasteiger partial charge is 0.549 e. The molecule has 0 aromatic carbocycles. The molecule has 0 radical (unpaired) electrons. The minimum absolute atomic E-state index is 0.126. The van der Waals surface area contributed by atoms with Crippen molar-refractivity contribution in [2.45, 2.75) is 55.4 Å². The zero-order valence-corrected chi connectivity index (χ0v) is 25.0. The Kier molecular flexibility index (Phi) is 24.0. The Hall–Kier alpha value is -2.28. The molecular formula is C26H54N4O8. The summed E-state index contributed by atoms with van der Waals surface area (Å²) in [5.41, 5.74) is 0. The van der Waals surface area contributed by atoms with E-state index in [9.17, 15) is 29.4 Å². The Morgan fingerprint density at radius 3 is 0.842 bits per heavy atom. The number of carboxylic acids is 4. The highest BCUT2D eigenvalue weighted by molar-refractivity contribution is 5.72. The molecule has 38 heavy (non-hydrogen) atoms. The zero-order valence-electron chi connectivity index (χ0n) is 25.0. The second-order valence-electron chi connectivity index (χ2n) is 9.17. The summed E-state index contributed by atoms with van der Waals surface area (Å²) in [6.45, 7) is 25.7. The summed E-state index contributed by atoms with van der Waals surface area (Å²) in [5, 5.41) is 38.0. The molecule has 0 spiro atoms. The van der Waals surface area contributed by atoms with Gasteiger partial charge < -0.3 is 39.0 Å². The van der Waals surface area contributed by atoms with E-state index in [1.165, 1.54) is 61.3 Å². The summed E-state index contributed by atoms with van der Waals surface area (Å²) in [5.74, 6) is -5.52. The summed E-state index contributed by atoms with van der Waals surface area (Å²) >= 11 is 0. The van der Waals surface area contributed by atoms with Crippen molar-refractivity contribution in [3.8, 4) is 0 Å². The average molecular weight is 551 g/mol. The van der Waals surface area contributed by atoms with Gasteiger partial charge in [0.15, 0.2) is 0 Å². The van der Waals surface area contributed by atoms with Crippen LogP contribution in [0.3, 0.4) is 0 Å². The first-order chi connectivity index (χ1) is 17.7. The molecule has 226 valence electrons. The maximum absolute atomic E-state index is 10.5. The number of hydrogen-bond donors (Lipinski definition) is 2. The second kappa shape index (κ2) is 22.7. The fraction of sp³-hybridized carbons (Fsp3) is 0.846. The van der Waals surface area contributed by atoms with Gasteiger partial charge in [0.05, 0.1) is 77.4 Å². The van der Waals surface area contributed by atoms with Crippen LogP contribution in [0, 0.1) is 0 Å². The molecule has 12 heteroatoms. The molecule has 0 saturated carbocycles. The molecule has 0 aliphatic carbocycles. The normalized spacial score (nSPS) is 11.3. The fourth-order valence-corrected chi connectivity index (χ4v) is 4.14. The highest BCUT2D eigenvalue weighted by Gasteiger charge is 2.17. The van der Waals surface area contributed by atoms with E-state index in [1.54, 1.807) is 0 Å². The molecule has 0 aliphatic heterocycles. The summed E-state index contributed by atoms with van der Waals surface area (Å²) < 4.78 is 2.56. The summed E-state index contributed by atoms with van der Waals surface area (Å²) in [4.78, 5) is 43.9. The topological polar surface area (TPSA) is 161 Å². The van der Waals surface area contributed by atoms with Crippen molar-refractivity contribution in [2.75, 3.05) is 91.6 Å². The molecule has 0 aliphatic rings. The van der Waals surface area contributed by atoms with E-state index in [1.807, 2.05) is 0 Å². The lowest BCUT2D eigenvalue weighted by atomic mass is 10.3. The first-order valence-electron chi connectivity index (χ1n) is 13.7. The Balaban J connectivity index is -0.000000563. The quantitative estimate of drug-likeness (QED) is 0.191. The second-order valence-corrected chi connectivity index (χ2v) is 9.17. The van der Waals surface area contributed by atoms with Gasteiger partial charge in [-0.2, -0.15) is 0 Å². The van der Waals surface area contributed by atoms with Gasteiger partial charge in [0, 0.05) is 26.2 Å². The number of carbonyl (C=O) groups excluding carboxylic acids is 2. The van der Waals surface area contributed by atoms with Crippen LogP contribution in [0.15, 0.2) is 0 Å². The van der Waals surface area contributed by atoms with Gasteiger partial charge in [-0.15, -0.1) is 0 Å². The number of carboxylic acid groups (broad SMARTS) is 4. The highest BCUT2D eigenvalue weighted by Crippen LogP contribution is 2.04. The molecule has 0 saturated heterocycles. The fourth-order valence-electron chi connectivity index (χ4n) is 4.14. The molecular weight excluding hydrogens is 496 g/mol. The molecule has 0 fully saturated rings. The van der Waals surface area contributed by atoms with Gasteiger partial charge in [-0.1, -0.05) is 0 Å². The standard InChI is InChI=1S/C10H16N2O8.2C8H20N/c13-7(14)3-11(4-8(15)16)1-2-12(5-9(17)18)6-10(19)20;2*1-5-9(6-2,7-3)8-4/h1-6H2,(H,13,14)(H,15,16)(H,17,18)(H,19,20);2*5-8H2,1-4H3/q;2*+1/p-2. The van der Waals surface area contributed by atoms with Gasteiger partial charge in [0.2, 0.25) is 0 Å². The van der Waals surface area contributed by atoms with E-state index in [0.717, 1.165) is 9.80 Å². The van der Waals surface area contributed by atoms with E-state index in [2.05, 4.69) is 55.4 Å². The maximum Gasteiger partial charge on any atom is 0.317 e. The van der Waals surface area contributed by atoms with Crippen molar-refractivity contribution in [3.63, 3.8) is 0 Å². The molecule has 0 aromatic heterocycles. The molecule has 0 bridgehead atoms. The van der Waals surface area contributed by atoms with Crippen LogP contribution in [0.4, 0.5) is 0 Å². The SMILES string of the molecule is CC[N+](CC)(CC)CC.CC[N+](CC)(CC)CC.O=C([O-])CN(CCN(CC(=O)O)CC(=O)O)CC(=O)[O-]. The minimum atomic E-state index is -1.51. The zero-order chi connectivity index (χ0) is 30.4. The van der Waals surface area contributed by atoms with Crippen LogP contribution in [0.25, 0.3) is 0 Å². The Morgan fingerprint density at radius 1 is 0.500 bits per heavy atom. The van der Waals surface area contributed by atoms with Crippen molar-refractivity contribution < 1.29 is 48.6 Å². The molecule has 0 rings (SSSR count). The lowest BCUT2D eigenvalue weighted by Gasteiger charge is -2.34. The van der Waals surface area contributed by atoms with Crippen LogP contribution < -0.4 is 10.2 Å². The third-order valence-corrected chi connectivity index (χ3v) is 7.52. The molecule has 12 nitrogen and oxygen atoms in total. The number of aliphatic carboxylic acids is 4. The third-order valence-electron chi connectivity index (χ3n) is 7.52. The molecule has 0 unspecified atom stereocenters. The summed E-state index contributed by atoms with van der Waals surface area (Å²) in [7, 11) is 0. The predicted octanol–water partition coefficient (Wildman–Crippen LogP) is -0.975. The Morgan fingerprint density at radius 2 is 0.711 bits per heavy atom. The lowest BCUT2D eigenvalue weighted by molar-refractivity contribution is -0.921. The molecule has 2 N–H and O–H groups in total. The van der Waals surface area contributed by atoms with Crippen molar-refractivity contribution in [1.82, 2.24) is 9.80 Å². The molecule has 0 aromatic rings. The van der Waals surface area contributed by atoms with Crippen molar-refractivity contribution in [3.05, 3.63) is 0 Å². The van der Waals surface area contributed by atoms with Crippen LogP contribution >= 0.6 is 0 Å². The number of rotatable bonds is 19. The smallest absolute Gasteiger partial charge is 0.317 e. The van der Waals surface area contributed by atoms with Crippen molar-refractivity contribution in [1.29, 1.82) is 0 Å². The average Bonchev–Trinajstić information content (AvgIpc) is 2.85. The monoisotopic (exact) mass is 550 g/mol. The van der Waals surface area contributed by atoms with E-state index < -0.39 is 50.1 Å². The van der Waals surface area contributed by atoms with Gasteiger partial charge in [0.25, 0.3) is 0 Å². The third kappa shape index (κ3) is 19.8. The molecule has 0 amide bonds. The number of nitrogens with zero attached hydrogens (tertiary/aromatic N) is 4. The van der Waals surface area contributed by atoms with E-state index in [0.29, 0.717) is 0 Å².